The molecule has 6 heteroatoms. The molecule has 1 aliphatic rings. The summed E-state index contributed by atoms with van der Waals surface area (Å²) in [6.07, 6.45) is 6.68. The lowest BCUT2D eigenvalue weighted by molar-refractivity contribution is -0.127. The molecule has 2 aromatic heterocycles. The normalized spacial score (nSPS) is 15.6. The Labute approximate surface area is 151 Å². The highest BCUT2D eigenvalue weighted by atomic mass is 16.4. The van der Waals surface area contributed by atoms with Gasteiger partial charge in [-0.15, -0.1) is 10.2 Å². The van der Waals surface area contributed by atoms with Crippen molar-refractivity contribution in [2.75, 3.05) is 13.1 Å². The number of carbonyl (C=O) groups excluding carboxylic acids is 1. The third-order valence-corrected chi connectivity index (χ3v) is 4.55. The number of hydrogen-bond donors (Lipinski definition) is 0. The van der Waals surface area contributed by atoms with Crippen molar-refractivity contribution in [1.82, 2.24) is 15.1 Å². The molecule has 0 unspecified atom stereocenters. The molecule has 1 fully saturated rings. The Kier molecular flexibility index (Phi) is 4.64. The minimum Gasteiger partial charge on any atom is -0.459 e. The van der Waals surface area contributed by atoms with Gasteiger partial charge in [-0.1, -0.05) is 30.3 Å². The number of aromatic nitrogens is 2. The van der Waals surface area contributed by atoms with E-state index >= 15 is 0 Å². The second-order valence-corrected chi connectivity index (χ2v) is 6.27. The predicted octanol–water partition coefficient (Wildman–Crippen LogP) is 3.75. The first-order chi connectivity index (χ1) is 12.8. The Bertz CT molecular complexity index is 876. The molecular weight excluding hydrogens is 330 g/mol. The zero-order valence-corrected chi connectivity index (χ0v) is 14.2. The number of furan rings is 1. The molecule has 6 nitrogen and oxygen atoms in total. The molecule has 0 bridgehead atoms. The number of hydrogen-bond acceptors (Lipinski definition) is 5. The average Bonchev–Trinajstić information content (AvgIpc) is 3.38. The van der Waals surface area contributed by atoms with E-state index in [1.54, 1.807) is 24.5 Å². The van der Waals surface area contributed by atoms with Crippen molar-refractivity contribution in [1.29, 1.82) is 0 Å². The Balaban J connectivity index is 1.34. The van der Waals surface area contributed by atoms with Gasteiger partial charge in [-0.25, -0.2) is 0 Å². The smallest absolute Gasteiger partial charge is 0.283 e. The van der Waals surface area contributed by atoms with E-state index in [-0.39, 0.29) is 11.8 Å². The quantitative estimate of drug-likeness (QED) is 0.671. The van der Waals surface area contributed by atoms with Crippen LogP contribution in [0.25, 0.3) is 17.7 Å². The highest BCUT2D eigenvalue weighted by Gasteiger charge is 2.27. The number of rotatable bonds is 4. The second kappa shape index (κ2) is 7.39. The number of benzene rings is 1. The van der Waals surface area contributed by atoms with E-state index in [1.807, 2.05) is 41.3 Å². The van der Waals surface area contributed by atoms with Crippen LogP contribution in [0.5, 0.6) is 0 Å². The lowest BCUT2D eigenvalue weighted by Gasteiger charge is -2.29. The van der Waals surface area contributed by atoms with Gasteiger partial charge in [0.1, 0.15) is 0 Å². The molecule has 132 valence electrons. The van der Waals surface area contributed by atoms with Crippen LogP contribution in [0.2, 0.25) is 0 Å². The third kappa shape index (κ3) is 3.59. The number of carbonyl (C=O) groups is 1. The van der Waals surface area contributed by atoms with E-state index in [4.69, 9.17) is 8.83 Å². The van der Waals surface area contributed by atoms with Crippen molar-refractivity contribution < 1.29 is 13.6 Å². The zero-order valence-electron chi connectivity index (χ0n) is 14.2. The van der Waals surface area contributed by atoms with E-state index in [1.165, 1.54) is 0 Å². The average molecular weight is 349 g/mol. The van der Waals surface area contributed by atoms with Crippen LogP contribution < -0.4 is 0 Å². The molecule has 0 radical (unpaired) electrons. The standard InChI is InChI=1S/C20H19N3O3/c24-18(9-8-15-5-2-1-3-6-15)23-12-10-16(11-13-23)19-21-22-20(26-19)17-7-4-14-25-17/h1-9,14,16H,10-13H2/b9-8+. The predicted molar refractivity (Wildman–Crippen MR) is 96.0 cm³/mol. The third-order valence-electron chi connectivity index (χ3n) is 4.55. The van der Waals surface area contributed by atoms with Crippen LogP contribution in [-0.4, -0.2) is 34.1 Å². The summed E-state index contributed by atoms with van der Waals surface area (Å²) in [6, 6.07) is 13.4. The molecule has 1 saturated heterocycles. The number of amides is 1. The van der Waals surface area contributed by atoms with Crippen LogP contribution in [0.3, 0.4) is 0 Å². The van der Waals surface area contributed by atoms with Crippen molar-refractivity contribution in [3.63, 3.8) is 0 Å². The molecule has 3 heterocycles. The summed E-state index contributed by atoms with van der Waals surface area (Å²) < 4.78 is 11.0. The molecular formula is C20H19N3O3. The van der Waals surface area contributed by atoms with Crippen LogP contribution in [0.15, 0.2) is 63.6 Å². The van der Waals surface area contributed by atoms with Gasteiger partial charge in [-0.05, 0) is 36.6 Å². The SMILES string of the molecule is O=C(/C=C/c1ccccc1)N1CCC(c2nnc(-c3ccco3)o2)CC1. The van der Waals surface area contributed by atoms with Crippen LogP contribution >= 0.6 is 0 Å². The van der Waals surface area contributed by atoms with E-state index < -0.39 is 0 Å². The lowest BCUT2D eigenvalue weighted by atomic mass is 9.97. The first-order valence-corrected chi connectivity index (χ1v) is 8.69. The molecule has 1 amide bonds. The van der Waals surface area contributed by atoms with Gasteiger partial charge >= 0.3 is 0 Å². The van der Waals surface area contributed by atoms with Gasteiger partial charge in [-0.3, -0.25) is 4.79 Å². The van der Waals surface area contributed by atoms with E-state index in [2.05, 4.69) is 10.2 Å². The fourth-order valence-electron chi connectivity index (χ4n) is 3.08. The summed E-state index contributed by atoms with van der Waals surface area (Å²) in [5.41, 5.74) is 1.02. The summed E-state index contributed by atoms with van der Waals surface area (Å²) in [5, 5.41) is 8.20. The maximum atomic E-state index is 12.3. The number of likely N-dealkylation sites (tertiary alicyclic amines) is 1. The molecule has 0 spiro atoms. The zero-order chi connectivity index (χ0) is 17.8. The largest absolute Gasteiger partial charge is 0.459 e. The Morgan fingerprint density at radius 2 is 1.88 bits per heavy atom. The maximum Gasteiger partial charge on any atom is 0.283 e. The van der Waals surface area contributed by atoms with Gasteiger partial charge in [0.2, 0.25) is 11.8 Å². The molecule has 0 aliphatic carbocycles. The van der Waals surface area contributed by atoms with E-state index in [0.29, 0.717) is 30.6 Å². The maximum absolute atomic E-state index is 12.3. The van der Waals surface area contributed by atoms with Crippen molar-refractivity contribution in [3.05, 3.63) is 66.3 Å². The first kappa shape index (κ1) is 16.3. The highest BCUT2D eigenvalue weighted by molar-refractivity contribution is 5.91. The molecule has 4 rings (SSSR count). The Morgan fingerprint density at radius 1 is 1.08 bits per heavy atom. The van der Waals surface area contributed by atoms with Gasteiger partial charge in [0.05, 0.1) is 6.26 Å². The molecule has 0 N–H and O–H groups in total. The van der Waals surface area contributed by atoms with Gasteiger partial charge in [0.25, 0.3) is 5.89 Å². The van der Waals surface area contributed by atoms with Gasteiger partial charge in [0.15, 0.2) is 5.76 Å². The summed E-state index contributed by atoms with van der Waals surface area (Å²) in [6.45, 7) is 1.36. The summed E-state index contributed by atoms with van der Waals surface area (Å²) >= 11 is 0. The van der Waals surface area contributed by atoms with Crippen molar-refractivity contribution in [3.8, 4) is 11.7 Å². The molecule has 1 aliphatic heterocycles. The fraction of sp³-hybridized carbons (Fsp3) is 0.250. The van der Waals surface area contributed by atoms with Crippen LogP contribution in [0, 0.1) is 0 Å². The van der Waals surface area contributed by atoms with Gasteiger partial charge in [-0.2, -0.15) is 0 Å². The van der Waals surface area contributed by atoms with Crippen LogP contribution in [0.1, 0.15) is 30.2 Å². The van der Waals surface area contributed by atoms with Crippen LogP contribution in [0.4, 0.5) is 0 Å². The van der Waals surface area contributed by atoms with Crippen molar-refractivity contribution >= 4 is 12.0 Å². The second-order valence-electron chi connectivity index (χ2n) is 6.27. The first-order valence-electron chi connectivity index (χ1n) is 8.69. The summed E-state index contributed by atoms with van der Waals surface area (Å²) in [5.74, 6) is 1.79. The van der Waals surface area contributed by atoms with Crippen LogP contribution in [-0.2, 0) is 4.79 Å². The molecule has 3 aromatic rings. The number of piperidine rings is 1. The molecule has 26 heavy (non-hydrogen) atoms. The topological polar surface area (TPSA) is 72.4 Å². The van der Waals surface area contributed by atoms with Crippen molar-refractivity contribution in [2.24, 2.45) is 0 Å². The van der Waals surface area contributed by atoms with Gasteiger partial charge < -0.3 is 13.7 Å². The van der Waals surface area contributed by atoms with Crippen molar-refractivity contribution in [2.45, 2.75) is 18.8 Å². The Morgan fingerprint density at radius 3 is 2.62 bits per heavy atom. The minimum atomic E-state index is 0.0362. The molecule has 0 atom stereocenters. The Hall–Kier alpha value is -3.15. The highest BCUT2D eigenvalue weighted by Crippen LogP contribution is 2.29. The molecule has 0 saturated carbocycles. The minimum absolute atomic E-state index is 0.0362. The fourth-order valence-corrected chi connectivity index (χ4v) is 3.08. The molecule has 1 aromatic carbocycles. The van der Waals surface area contributed by atoms with E-state index in [0.717, 1.165) is 18.4 Å². The monoisotopic (exact) mass is 349 g/mol. The number of nitrogens with zero attached hydrogens (tertiary/aromatic N) is 3. The lowest BCUT2D eigenvalue weighted by Crippen LogP contribution is -2.36. The summed E-state index contributed by atoms with van der Waals surface area (Å²) in [4.78, 5) is 14.2. The summed E-state index contributed by atoms with van der Waals surface area (Å²) in [7, 11) is 0. The van der Waals surface area contributed by atoms with E-state index in [9.17, 15) is 4.79 Å². The van der Waals surface area contributed by atoms with Gasteiger partial charge in [0, 0.05) is 25.1 Å².